The van der Waals surface area contributed by atoms with Crippen molar-refractivity contribution in [3.05, 3.63) is 41.4 Å². The summed E-state index contributed by atoms with van der Waals surface area (Å²) in [5.74, 6) is 0.946. The number of benzene rings is 1. The summed E-state index contributed by atoms with van der Waals surface area (Å²) < 4.78 is 19.5. The fraction of sp³-hybridized carbons (Fsp3) is 0.450. The number of rotatable bonds is 4. The van der Waals surface area contributed by atoms with Crippen molar-refractivity contribution in [1.82, 2.24) is 14.9 Å². The molecule has 148 valence electrons. The molecule has 0 unspecified atom stereocenters. The van der Waals surface area contributed by atoms with Gasteiger partial charge < -0.3 is 14.5 Å². The molecule has 28 heavy (non-hydrogen) atoms. The quantitative estimate of drug-likeness (QED) is 0.773. The molecule has 2 fully saturated rings. The highest BCUT2D eigenvalue weighted by Crippen LogP contribution is 2.31. The molecule has 1 aromatic heterocycles. The maximum atomic E-state index is 14.0. The van der Waals surface area contributed by atoms with Crippen molar-refractivity contribution in [1.29, 1.82) is 0 Å². The summed E-state index contributed by atoms with van der Waals surface area (Å²) in [6, 6.07) is 6.01. The lowest BCUT2D eigenvalue weighted by atomic mass is 9.84. The molecule has 8 heteroatoms. The highest BCUT2D eigenvalue weighted by Gasteiger charge is 2.34. The number of piperazine rings is 1. The number of hydrogen-bond donors (Lipinski definition) is 0. The Bertz CT molecular complexity index is 877. The van der Waals surface area contributed by atoms with Crippen LogP contribution in [-0.2, 0) is 4.79 Å². The van der Waals surface area contributed by atoms with E-state index in [4.69, 9.17) is 16.3 Å². The molecule has 2 aromatic rings. The first-order chi connectivity index (χ1) is 13.5. The number of carbonyl (C=O) groups excluding carboxylic acids is 1. The van der Waals surface area contributed by atoms with Gasteiger partial charge in [0.05, 0.1) is 0 Å². The second-order valence-corrected chi connectivity index (χ2v) is 7.78. The molecular formula is C20H22ClFN4O2. The summed E-state index contributed by atoms with van der Waals surface area (Å²) >= 11 is 5.77. The minimum absolute atomic E-state index is 0.0540. The summed E-state index contributed by atoms with van der Waals surface area (Å²) in [6.45, 7) is 4.10. The van der Waals surface area contributed by atoms with Gasteiger partial charge in [0.1, 0.15) is 12.1 Å². The van der Waals surface area contributed by atoms with Crippen molar-refractivity contribution in [2.75, 3.05) is 24.5 Å². The van der Waals surface area contributed by atoms with Gasteiger partial charge in [-0.15, -0.1) is 0 Å². The van der Waals surface area contributed by atoms with E-state index >= 15 is 0 Å². The van der Waals surface area contributed by atoms with Crippen LogP contribution in [0.3, 0.4) is 0 Å². The number of aromatic nitrogens is 2. The number of ether oxygens (including phenoxy) is 1. The molecule has 2 aliphatic rings. The maximum absolute atomic E-state index is 14.0. The Hall–Kier alpha value is -2.41. The smallest absolute Gasteiger partial charge is 0.226 e. The number of anilines is 1. The number of halogens is 2. The highest BCUT2D eigenvalue weighted by atomic mass is 35.5. The van der Waals surface area contributed by atoms with Gasteiger partial charge in [-0.05, 0) is 38.0 Å². The molecular weight excluding hydrogens is 383 g/mol. The molecule has 0 spiro atoms. The molecule has 6 nitrogen and oxygen atoms in total. The molecule has 4 rings (SSSR count). The first-order valence-electron chi connectivity index (χ1n) is 9.51. The van der Waals surface area contributed by atoms with Crippen LogP contribution in [0.1, 0.15) is 26.2 Å². The number of hydrogen-bond acceptors (Lipinski definition) is 5. The van der Waals surface area contributed by atoms with E-state index in [1.54, 1.807) is 12.1 Å². The van der Waals surface area contributed by atoms with Gasteiger partial charge in [0.25, 0.3) is 0 Å². The van der Waals surface area contributed by atoms with Gasteiger partial charge in [-0.2, -0.15) is 0 Å². The first kappa shape index (κ1) is 18.9. The molecule has 1 amide bonds. The monoisotopic (exact) mass is 404 g/mol. The van der Waals surface area contributed by atoms with Crippen molar-refractivity contribution in [2.24, 2.45) is 5.92 Å². The molecule has 1 aliphatic heterocycles. The topological polar surface area (TPSA) is 58.6 Å². The molecule has 0 radical (unpaired) electrons. The standard InChI is InChI=1S/C20H22ClFN4O2/c1-13-11-25(7-8-26(13)20(27)14-3-2-4-14)18-10-19(24-12-23-18)28-17-6-5-15(21)9-16(17)22/h5-6,9-10,12-14H,2-4,7-8,11H2,1H3/t13-/m0/s1. The van der Waals surface area contributed by atoms with Gasteiger partial charge in [-0.1, -0.05) is 18.0 Å². The van der Waals surface area contributed by atoms with Crippen LogP contribution in [0.15, 0.2) is 30.6 Å². The number of carbonyl (C=O) groups is 1. The predicted octanol–water partition coefficient (Wildman–Crippen LogP) is 3.90. The third-order valence-corrected chi connectivity index (χ3v) is 5.66. The molecule has 1 aromatic carbocycles. The average molecular weight is 405 g/mol. The lowest BCUT2D eigenvalue weighted by Gasteiger charge is -2.43. The van der Waals surface area contributed by atoms with E-state index in [-0.39, 0.29) is 29.5 Å². The van der Waals surface area contributed by atoms with Crippen LogP contribution >= 0.6 is 11.6 Å². The Morgan fingerprint density at radius 3 is 2.75 bits per heavy atom. The molecule has 1 aliphatic carbocycles. The molecule has 0 N–H and O–H groups in total. The Labute approximate surface area is 168 Å². The van der Waals surface area contributed by atoms with Crippen LogP contribution in [0.25, 0.3) is 0 Å². The van der Waals surface area contributed by atoms with Crippen molar-refractivity contribution in [3.63, 3.8) is 0 Å². The minimum Gasteiger partial charge on any atom is -0.436 e. The van der Waals surface area contributed by atoms with E-state index in [1.807, 2.05) is 4.90 Å². The SMILES string of the molecule is C[C@H]1CN(c2cc(Oc3ccc(Cl)cc3F)ncn2)CCN1C(=O)C1CCC1. The summed E-state index contributed by atoms with van der Waals surface area (Å²) in [6.07, 6.45) is 4.58. The van der Waals surface area contributed by atoms with Gasteiger partial charge in [-0.25, -0.2) is 14.4 Å². The normalized spacial score (nSPS) is 20.0. The Morgan fingerprint density at radius 2 is 2.07 bits per heavy atom. The van der Waals surface area contributed by atoms with E-state index in [1.165, 1.54) is 18.5 Å². The van der Waals surface area contributed by atoms with Gasteiger partial charge in [-0.3, -0.25) is 4.79 Å². The van der Waals surface area contributed by atoms with Crippen molar-refractivity contribution >= 4 is 23.3 Å². The summed E-state index contributed by atoms with van der Waals surface area (Å²) in [7, 11) is 0. The third kappa shape index (κ3) is 3.90. The summed E-state index contributed by atoms with van der Waals surface area (Å²) in [5, 5.41) is 0.302. The van der Waals surface area contributed by atoms with Gasteiger partial charge in [0.2, 0.25) is 11.8 Å². The molecule has 0 bridgehead atoms. The fourth-order valence-electron chi connectivity index (χ4n) is 3.61. The third-order valence-electron chi connectivity index (χ3n) is 5.42. The van der Waals surface area contributed by atoms with E-state index in [0.29, 0.717) is 30.5 Å². The predicted molar refractivity (Wildman–Crippen MR) is 104 cm³/mol. The maximum Gasteiger partial charge on any atom is 0.226 e. The van der Waals surface area contributed by atoms with Crippen LogP contribution in [0.4, 0.5) is 10.2 Å². The number of amides is 1. The summed E-state index contributed by atoms with van der Waals surface area (Å²) in [4.78, 5) is 25.0. The van der Waals surface area contributed by atoms with Crippen molar-refractivity contribution in [2.45, 2.75) is 32.2 Å². The zero-order valence-electron chi connectivity index (χ0n) is 15.6. The largest absolute Gasteiger partial charge is 0.436 e. The fourth-order valence-corrected chi connectivity index (χ4v) is 3.77. The van der Waals surface area contributed by atoms with Crippen molar-refractivity contribution in [3.8, 4) is 11.6 Å². The van der Waals surface area contributed by atoms with E-state index in [0.717, 1.165) is 19.3 Å². The van der Waals surface area contributed by atoms with Crippen LogP contribution in [0.2, 0.25) is 5.02 Å². The minimum atomic E-state index is -0.551. The van der Waals surface area contributed by atoms with Gasteiger partial charge >= 0.3 is 0 Å². The Kier molecular flexibility index (Phi) is 5.35. The lowest BCUT2D eigenvalue weighted by Crippen LogP contribution is -2.56. The van der Waals surface area contributed by atoms with E-state index in [9.17, 15) is 9.18 Å². The van der Waals surface area contributed by atoms with Crippen LogP contribution in [-0.4, -0.2) is 46.5 Å². The van der Waals surface area contributed by atoms with Crippen LogP contribution < -0.4 is 9.64 Å². The molecule has 1 saturated heterocycles. The highest BCUT2D eigenvalue weighted by molar-refractivity contribution is 6.30. The van der Waals surface area contributed by atoms with Gasteiger partial charge in [0.15, 0.2) is 11.6 Å². The van der Waals surface area contributed by atoms with E-state index in [2.05, 4.69) is 21.8 Å². The van der Waals surface area contributed by atoms with E-state index < -0.39 is 5.82 Å². The van der Waals surface area contributed by atoms with Crippen molar-refractivity contribution < 1.29 is 13.9 Å². The zero-order valence-corrected chi connectivity index (χ0v) is 16.4. The zero-order chi connectivity index (χ0) is 19.7. The Balaban J connectivity index is 1.44. The molecule has 1 atom stereocenters. The summed E-state index contributed by atoms with van der Waals surface area (Å²) in [5.41, 5.74) is 0. The van der Waals surface area contributed by atoms with Gasteiger partial charge in [0, 0.05) is 42.7 Å². The lowest BCUT2D eigenvalue weighted by molar-refractivity contribution is -0.140. The molecule has 2 heterocycles. The Morgan fingerprint density at radius 1 is 1.25 bits per heavy atom. The molecule has 1 saturated carbocycles. The average Bonchev–Trinajstić information content (AvgIpc) is 2.63. The second kappa shape index (κ2) is 7.91. The first-order valence-corrected chi connectivity index (χ1v) is 9.89. The van der Waals surface area contributed by atoms with Crippen LogP contribution in [0.5, 0.6) is 11.6 Å². The van der Waals surface area contributed by atoms with Crippen LogP contribution in [0, 0.1) is 11.7 Å². The second-order valence-electron chi connectivity index (χ2n) is 7.35. The number of nitrogens with zero attached hydrogens (tertiary/aromatic N) is 4.